The van der Waals surface area contributed by atoms with E-state index in [1.165, 1.54) is 7.11 Å². The fraction of sp³-hybridized carbons (Fsp3) is 0.200. The number of carbonyl (C=O) groups excluding carboxylic acids is 2. The molecule has 5 heteroatoms. The Labute approximate surface area is 91.7 Å². The number of methoxy groups -OCH3 is 1. The van der Waals surface area contributed by atoms with E-state index in [1.807, 2.05) is 0 Å². The van der Waals surface area contributed by atoms with E-state index >= 15 is 0 Å². The van der Waals surface area contributed by atoms with Gasteiger partial charge < -0.3 is 9.47 Å². The van der Waals surface area contributed by atoms with Gasteiger partial charge in [0.15, 0.2) is 12.9 Å². The molecule has 0 amide bonds. The van der Waals surface area contributed by atoms with Crippen molar-refractivity contribution in [2.75, 3.05) is 13.7 Å². The van der Waals surface area contributed by atoms with Gasteiger partial charge in [-0.25, -0.2) is 4.79 Å². The lowest BCUT2D eigenvalue weighted by molar-refractivity contribution is -0.142. The number of ether oxygens (including phenoxy) is 2. The first-order valence-electron chi connectivity index (χ1n) is 4.12. The molecule has 0 N–H and O–H groups in total. The summed E-state index contributed by atoms with van der Waals surface area (Å²) >= 11 is 5.80. The quantitative estimate of drug-likeness (QED) is 0.582. The second-order valence-electron chi connectivity index (χ2n) is 2.64. The van der Waals surface area contributed by atoms with E-state index < -0.39 is 5.97 Å². The third-order valence-corrected chi connectivity index (χ3v) is 1.98. The van der Waals surface area contributed by atoms with E-state index in [4.69, 9.17) is 16.3 Å². The predicted molar refractivity (Wildman–Crippen MR) is 54.4 cm³/mol. The van der Waals surface area contributed by atoms with Crippen molar-refractivity contribution in [2.24, 2.45) is 0 Å². The van der Waals surface area contributed by atoms with Gasteiger partial charge in [0.1, 0.15) is 5.75 Å². The highest BCUT2D eigenvalue weighted by molar-refractivity contribution is 6.32. The first kappa shape index (κ1) is 11.5. The van der Waals surface area contributed by atoms with Crippen molar-refractivity contribution in [3.05, 3.63) is 28.8 Å². The van der Waals surface area contributed by atoms with E-state index in [0.29, 0.717) is 11.8 Å². The van der Waals surface area contributed by atoms with Gasteiger partial charge >= 0.3 is 5.97 Å². The van der Waals surface area contributed by atoms with E-state index in [1.54, 1.807) is 18.2 Å². The van der Waals surface area contributed by atoms with Crippen molar-refractivity contribution in [2.45, 2.75) is 0 Å². The van der Waals surface area contributed by atoms with Gasteiger partial charge in [-0.2, -0.15) is 0 Å². The summed E-state index contributed by atoms with van der Waals surface area (Å²) in [5.41, 5.74) is 0.298. The minimum atomic E-state index is -0.535. The standard InChI is InChI=1S/C10H9ClO4/c1-14-9(13)6-15-10-7(5-12)3-2-4-8(10)11/h2-5H,6H2,1H3. The average molecular weight is 229 g/mol. The van der Waals surface area contributed by atoms with E-state index in [-0.39, 0.29) is 17.4 Å². The fourth-order valence-electron chi connectivity index (χ4n) is 0.961. The van der Waals surface area contributed by atoms with Crippen LogP contribution in [0.25, 0.3) is 0 Å². The molecule has 0 atom stereocenters. The van der Waals surface area contributed by atoms with Crippen LogP contribution in [0.5, 0.6) is 5.75 Å². The van der Waals surface area contributed by atoms with Gasteiger partial charge in [-0.15, -0.1) is 0 Å². The number of carbonyl (C=O) groups is 2. The third kappa shape index (κ3) is 2.95. The zero-order chi connectivity index (χ0) is 11.3. The minimum absolute atomic E-state index is 0.194. The summed E-state index contributed by atoms with van der Waals surface area (Å²) in [7, 11) is 1.25. The van der Waals surface area contributed by atoms with Crippen LogP contribution in [0.3, 0.4) is 0 Å². The SMILES string of the molecule is COC(=O)COc1c(Cl)cccc1C=O. The molecule has 15 heavy (non-hydrogen) atoms. The van der Waals surface area contributed by atoms with Crippen molar-refractivity contribution in [3.63, 3.8) is 0 Å². The molecular weight excluding hydrogens is 220 g/mol. The fourth-order valence-corrected chi connectivity index (χ4v) is 1.20. The number of aldehydes is 1. The van der Waals surface area contributed by atoms with Gasteiger partial charge in [-0.05, 0) is 12.1 Å². The zero-order valence-electron chi connectivity index (χ0n) is 8.03. The summed E-state index contributed by atoms with van der Waals surface area (Å²) in [5.74, 6) is -0.341. The maximum atomic E-state index is 10.8. The van der Waals surface area contributed by atoms with Crippen LogP contribution < -0.4 is 4.74 Å². The molecule has 0 aliphatic carbocycles. The maximum Gasteiger partial charge on any atom is 0.343 e. The highest BCUT2D eigenvalue weighted by atomic mass is 35.5. The third-order valence-electron chi connectivity index (χ3n) is 1.69. The van der Waals surface area contributed by atoms with Crippen LogP contribution in [0.4, 0.5) is 0 Å². The first-order valence-corrected chi connectivity index (χ1v) is 4.50. The summed E-state index contributed by atoms with van der Waals surface area (Å²) in [5, 5.41) is 0.281. The Morgan fingerprint density at radius 3 is 2.87 bits per heavy atom. The van der Waals surface area contributed by atoms with Gasteiger partial charge in [0.05, 0.1) is 17.7 Å². The van der Waals surface area contributed by atoms with E-state index in [9.17, 15) is 9.59 Å². The number of esters is 1. The number of halogens is 1. The van der Waals surface area contributed by atoms with Crippen molar-refractivity contribution >= 4 is 23.9 Å². The largest absolute Gasteiger partial charge is 0.480 e. The number of para-hydroxylation sites is 1. The van der Waals surface area contributed by atoms with Gasteiger partial charge in [-0.3, -0.25) is 4.79 Å². The Bertz CT molecular complexity index is 376. The molecule has 0 saturated carbocycles. The van der Waals surface area contributed by atoms with Crippen molar-refractivity contribution in [1.29, 1.82) is 0 Å². The highest BCUT2D eigenvalue weighted by Crippen LogP contribution is 2.27. The monoisotopic (exact) mass is 228 g/mol. The smallest absolute Gasteiger partial charge is 0.343 e. The molecule has 0 spiro atoms. The van der Waals surface area contributed by atoms with Crippen LogP contribution in [-0.2, 0) is 9.53 Å². The van der Waals surface area contributed by atoms with Gasteiger partial charge in [0.25, 0.3) is 0 Å². The summed E-state index contributed by atoms with van der Waals surface area (Å²) in [4.78, 5) is 21.5. The molecule has 0 saturated heterocycles. The molecule has 0 aromatic heterocycles. The van der Waals surface area contributed by atoms with Crippen LogP contribution in [0.15, 0.2) is 18.2 Å². The minimum Gasteiger partial charge on any atom is -0.480 e. The van der Waals surface area contributed by atoms with E-state index in [2.05, 4.69) is 4.74 Å². The Kier molecular flexibility index (Phi) is 4.12. The number of rotatable bonds is 4. The lowest BCUT2D eigenvalue weighted by Gasteiger charge is -2.08. The number of benzene rings is 1. The molecule has 0 fully saturated rings. The normalized spacial score (nSPS) is 9.47. The molecule has 0 radical (unpaired) electrons. The Hall–Kier alpha value is -1.55. The molecule has 0 unspecified atom stereocenters. The van der Waals surface area contributed by atoms with Gasteiger partial charge in [-0.1, -0.05) is 17.7 Å². The molecule has 1 aromatic carbocycles. The van der Waals surface area contributed by atoms with Gasteiger partial charge in [0.2, 0.25) is 0 Å². The summed E-state index contributed by atoms with van der Waals surface area (Å²) in [6.07, 6.45) is 0.610. The summed E-state index contributed by atoms with van der Waals surface area (Å²) in [6, 6.07) is 4.74. The Morgan fingerprint density at radius 1 is 1.53 bits per heavy atom. The highest BCUT2D eigenvalue weighted by Gasteiger charge is 2.09. The molecule has 80 valence electrons. The van der Waals surface area contributed by atoms with Crippen molar-refractivity contribution < 1.29 is 19.1 Å². The second-order valence-corrected chi connectivity index (χ2v) is 3.05. The lowest BCUT2D eigenvalue weighted by atomic mass is 10.2. The van der Waals surface area contributed by atoms with Gasteiger partial charge in [0, 0.05) is 0 Å². The first-order chi connectivity index (χ1) is 7.19. The second kappa shape index (κ2) is 5.36. The molecule has 0 aliphatic rings. The molecule has 0 heterocycles. The van der Waals surface area contributed by atoms with Crippen LogP contribution in [-0.4, -0.2) is 26.0 Å². The average Bonchev–Trinajstić information content (AvgIpc) is 2.26. The molecular formula is C10H9ClO4. The summed E-state index contributed by atoms with van der Waals surface area (Å²) < 4.78 is 9.46. The molecule has 1 aromatic rings. The molecule has 1 rings (SSSR count). The number of hydrogen-bond donors (Lipinski definition) is 0. The predicted octanol–water partition coefficient (Wildman–Crippen LogP) is 1.70. The van der Waals surface area contributed by atoms with E-state index in [0.717, 1.165) is 0 Å². The molecule has 0 bridgehead atoms. The Morgan fingerprint density at radius 2 is 2.27 bits per heavy atom. The topological polar surface area (TPSA) is 52.6 Å². The Balaban J connectivity index is 2.83. The van der Waals surface area contributed by atoms with Crippen molar-refractivity contribution in [1.82, 2.24) is 0 Å². The molecule has 4 nitrogen and oxygen atoms in total. The number of hydrogen-bond acceptors (Lipinski definition) is 4. The zero-order valence-corrected chi connectivity index (χ0v) is 8.78. The van der Waals surface area contributed by atoms with Crippen LogP contribution in [0.1, 0.15) is 10.4 Å². The van der Waals surface area contributed by atoms with Crippen LogP contribution >= 0.6 is 11.6 Å². The summed E-state index contributed by atoms with van der Waals surface area (Å²) in [6.45, 7) is -0.277. The van der Waals surface area contributed by atoms with Crippen molar-refractivity contribution in [3.8, 4) is 5.75 Å². The lowest BCUT2D eigenvalue weighted by Crippen LogP contribution is -2.13. The van der Waals surface area contributed by atoms with Crippen LogP contribution in [0, 0.1) is 0 Å². The maximum absolute atomic E-state index is 10.8. The molecule has 0 aliphatic heterocycles. The van der Waals surface area contributed by atoms with Crippen LogP contribution in [0.2, 0.25) is 5.02 Å².